The van der Waals surface area contributed by atoms with Crippen molar-refractivity contribution in [3.63, 3.8) is 0 Å². The first kappa shape index (κ1) is 20.8. The van der Waals surface area contributed by atoms with E-state index in [1.54, 1.807) is 29.2 Å². The van der Waals surface area contributed by atoms with Gasteiger partial charge < -0.3 is 10.2 Å². The van der Waals surface area contributed by atoms with Crippen LogP contribution in [0.2, 0.25) is 0 Å². The molecule has 1 aliphatic rings. The zero-order chi connectivity index (χ0) is 21.3. The predicted molar refractivity (Wildman–Crippen MR) is 114 cm³/mol. The fourth-order valence-corrected chi connectivity index (χ4v) is 5.42. The zero-order valence-electron chi connectivity index (χ0n) is 16.3. The molecule has 3 aromatic rings. The molecule has 30 heavy (non-hydrogen) atoms. The van der Waals surface area contributed by atoms with Gasteiger partial charge in [-0.25, -0.2) is 13.2 Å². The van der Waals surface area contributed by atoms with Gasteiger partial charge in [0.15, 0.2) is 11.5 Å². The van der Waals surface area contributed by atoms with Gasteiger partial charge in [0.2, 0.25) is 10.0 Å². The summed E-state index contributed by atoms with van der Waals surface area (Å²) < 4.78 is 29.6. The van der Waals surface area contributed by atoms with Gasteiger partial charge in [0, 0.05) is 36.8 Å². The summed E-state index contributed by atoms with van der Waals surface area (Å²) in [6, 6.07) is 11.6. The van der Waals surface area contributed by atoms with E-state index in [0.717, 1.165) is 0 Å². The minimum absolute atomic E-state index is 0.238. The molecule has 1 atom stereocenters. The highest BCUT2D eigenvalue weighted by Crippen LogP contribution is 2.21. The lowest BCUT2D eigenvalue weighted by Gasteiger charge is -2.34. The molecule has 4 rings (SSSR count). The Kier molecular flexibility index (Phi) is 5.76. The Morgan fingerprint density at radius 3 is 2.60 bits per heavy atom. The van der Waals surface area contributed by atoms with Crippen molar-refractivity contribution in [1.29, 1.82) is 0 Å². The molecule has 1 fully saturated rings. The number of benzene rings is 1. The first-order chi connectivity index (χ1) is 14.4. The summed E-state index contributed by atoms with van der Waals surface area (Å²) in [5.41, 5.74) is 0.708. The lowest BCUT2D eigenvalue weighted by molar-refractivity contribution is 0.169. The number of sulfonamides is 1. The SMILES string of the molecule is CC(NC(=O)N1CCN(S(=O)(=O)c2cccc(Br)c2)CC1)c1nnc2ccccn12. The molecule has 2 aromatic heterocycles. The third-order valence-electron chi connectivity index (χ3n) is 5.03. The zero-order valence-corrected chi connectivity index (χ0v) is 18.7. The third-order valence-corrected chi connectivity index (χ3v) is 7.41. The van der Waals surface area contributed by atoms with E-state index in [9.17, 15) is 13.2 Å². The molecule has 1 unspecified atom stereocenters. The minimum atomic E-state index is -3.59. The molecule has 11 heteroatoms. The van der Waals surface area contributed by atoms with Crippen molar-refractivity contribution >= 4 is 37.6 Å². The average molecular weight is 493 g/mol. The number of pyridine rings is 1. The summed E-state index contributed by atoms with van der Waals surface area (Å²) in [4.78, 5) is 14.5. The monoisotopic (exact) mass is 492 g/mol. The lowest BCUT2D eigenvalue weighted by Crippen LogP contribution is -2.53. The van der Waals surface area contributed by atoms with Crippen LogP contribution in [0.25, 0.3) is 5.65 Å². The number of nitrogens with zero attached hydrogens (tertiary/aromatic N) is 5. The van der Waals surface area contributed by atoms with E-state index in [1.807, 2.05) is 35.7 Å². The van der Waals surface area contributed by atoms with Crippen LogP contribution in [0.5, 0.6) is 0 Å². The van der Waals surface area contributed by atoms with Gasteiger partial charge in [-0.3, -0.25) is 4.40 Å². The summed E-state index contributed by atoms with van der Waals surface area (Å²) in [5, 5.41) is 11.2. The maximum Gasteiger partial charge on any atom is 0.318 e. The molecule has 0 radical (unpaired) electrons. The molecule has 158 valence electrons. The second kappa shape index (κ2) is 8.32. The summed E-state index contributed by atoms with van der Waals surface area (Å²) in [6.45, 7) is 2.95. The molecule has 1 aromatic carbocycles. The number of piperazine rings is 1. The van der Waals surface area contributed by atoms with Gasteiger partial charge in [-0.2, -0.15) is 4.31 Å². The first-order valence-corrected chi connectivity index (χ1v) is 11.7. The molecule has 0 bridgehead atoms. The van der Waals surface area contributed by atoms with Gasteiger partial charge in [0.05, 0.1) is 10.9 Å². The Bertz CT molecular complexity index is 1170. The summed E-state index contributed by atoms with van der Waals surface area (Å²) >= 11 is 3.31. The van der Waals surface area contributed by atoms with Crippen LogP contribution in [-0.2, 0) is 10.0 Å². The van der Waals surface area contributed by atoms with Gasteiger partial charge in [0.25, 0.3) is 0 Å². The third kappa shape index (κ3) is 4.05. The number of urea groups is 1. The van der Waals surface area contributed by atoms with Crippen LogP contribution in [0.15, 0.2) is 58.0 Å². The van der Waals surface area contributed by atoms with Gasteiger partial charge in [0.1, 0.15) is 0 Å². The highest BCUT2D eigenvalue weighted by Gasteiger charge is 2.31. The van der Waals surface area contributed by atoms with Crippen LogP contribution in [0, 0.1) is 0 Å². The predicted octanol–water partition coefficient (Wildman–Crippen LogP) is 2.27. The average Bonchev–Trinajstić information content (AvgIpc) is 3.18. The summed E-state index contributed by atoms with van der Waals surface area (Å²) in [6.07, 6.45) is 1.85. The van der Waals surface area contributed by atoms with Crippen molar-refractivity contribution in [3.8, 4) is 0 Å². The van der Waals surface area contributed by atoms with Gasteiger partial charge >= 0.3 is 6.03 Å². The molecule has 2 amide bonds. The van der Waals surface area contributed by atoms with E-state index < -0.39 is 10.0 Å². The number of halogens is 1. The van der Waals surface area contributed by atoms with Crippen LogP contribution in [0.1, 0.15) is 18.8 Å². The maximum absolute atomic E-state index is 12.8. The normalized spacial score (nSPS) is 16.5. The number of nitrogens with one attached hydrogen (secondary N) is 1. The molecular formula is C19H21BrN6O3S. The molecule has 1 aliphatic heterocycles. The molecule has 9 nitrogen and oxygen atoms in total. The van der Waals surface area contributed by atoms with Crippen LogP contribution in [-0.4, -0.2) is 64.4 Å². The van der Waals surface area contributed by atoms with E-state index >= 15 is 0 Å². The van der Waals surface area contributed by atoms with Crippen LogP contribution in [0.4, 0.5) is 4.79 Å². The standard InChI is InChI=1S/C19H21BrN6O3S/c1-14(18-23-22-17-7-2-3-8-26(17)18)21-19(27)24-9-11-25(12-10-24)30(28,29)16-6-4-5-15(20)13-16/h2-8,13-14H,9-12H2,1H3,(H,21,27). The largest absolute Gasteiger partial charge is 0.328 e. The van der Waals surface area contributed by atoms with Crippen LogP contribution < -0.4 is 5.32 Å². The van der Waals surface area contributed by atoms with E-state index in [-0.39, 0.29) is 30.1 Å². The van der Waals surface area contributed by atoms with Gasteiger partial charge in [-0.1, -0.05) is 28.1 Å². The fraction of sp³-hybridized carbons (Fsp3) is 0.316. The first-order valence-electron chi connectivity index (χ1n) is 9.47. The number of carbonyl (C=O) groups is 1. The Labute approximate surface area is 182 Å². The topological polar surface area (TPSA) is 99.9 Å². The minimum Gasteiger partial charge on any atom is -0.328 e. The van der Waals surface area contributed by atoms with Crippen molar-refractivity contribution in [1.82, 2.24) is 29.1 Å². The fourth-order valence-electron chi connectivity index (χ4n) is 3.40. The number of hydrogen-bond donors (Lipinski definition) is 1. The number of aromatic nitrogens is 3. The quantitative estimate of drug-likeness (QED) is 0.601. The summed E-state index contributed by atoms with van der Waals surface area (Å²) in [7, 11) is -3.59. The number of rotatable bonds is 4. The van der Waals surface area contributed by atoms with E-state index in [0.29, 0.717) is 29.0 Å². The van der Waals surface area contributed by atoms with Crippen molar-refractivity contribution in [2.45, 2.75) is 17.9 Å². The van der Waals surface area contributed by atoms with Crippen LogP contribution in [0.3, 0.4) is 0 Å². The van der Waals surface area contributed by atoms with E-state index in [2.05, 4.69) is 31.4 Å². The van der Waals surface area contributed by atoms with E-state index in [4.69, 9.17) is 0 Å². The highest BCUT2D eigenvalue weighted by atomic mass is 79.9. The van der Waals surface area contributed by atoms with Crippen molar-refractivity contribution in [3.05, 3.63) is 59.0 Å². The van der Waals surface area contributed by atoms with Gasteiger partial charge in [-0.05, 0) is 37.3 Å². The molecule has 3 heterocycles. The number of fused-ring (bicyclic) bond motifs is 1. The summed E-state index contributed by atoms with van der Waals surface area (Å²) in [5.74, 6) is 0.634. The molecule has 1 saturated heterocycles. The lowest BCUT2D eigenvalue weighted by atomic mass is 10.3. The Hall–Kier alpha value is -2.50. The van der Waals surface area contributed by atoms with Crippen LogP contribution >= 0.6 is 15.9 Å². The smallest absolute Gasteiger partial charge is 0.318 e. The number of amides is 2. The second-order valence-electron chi connectivity index (χ2n) is 7.01. The van der Waals surface area contributed by atoms with Crippen molar-refractivity contribution in [2.24, 2.45) is 0 Å². The van der Waals surface area contributed by atoms with E-state index in [1.165, 1.54) is 4.31 Å². The maximum atomic E-state index is 12.8. The van der Waals surface area contributed by atoms with Crippen molar-refractivity contribution in [2.75, 3.05) is 26.2 Å². The second-order valence-corrected chi connectivity index (χ2v) is 9.86. The molecule has 0 spiro atoms. The Morgan fingerprint density at radius 2 is 1.87 bits per heavy atom. The Morgan fingerprint density at radius 1 is 1.10 bits per heavy atom. The number of carbonyl (C=O) groups excluding carboxylic acids is 1. The molecule has 0 saturated carbocycles. The number of hydrogen-bond acceptors (Lipinski definition) is 5. The molecular weight excluding hydrogens is 472 g/mol. The van der Waals surface area contributed by atoms with Gasteiger partial charge in [-0.15, -0.1) is 10.2 Å². The molecule has 0 aliphatic carbocycles. The Balaban J connectivity index is 1.38. The highest BCUT2D eigenvalue weighted by molar-refractivity contribution is 9.10. The van der Waals surface area contributed by atoms with Crippen molar-refractivity contribution < 1.29 is 13.2 Å². The molecule has 1 N–H and O–H groups in total.